The number of benzene rings is 1. The van der Waals surface area contributed by atoms with E-state index in [-0.39, 0.29) is 18.0 Å². The van der Waals surface area contributed by atoms with Crippen molar-refractivity contribution in [3.8, 4) is 0 Å². The Hall–Kier alpha value is -2.02. The summed E-state index contributed by atoms with van der Waals surface area (Å²) >= 11 is 0. The maximum Gasteiger partial charge on any atom is 0.254 e. The van der Waals surface area contributed by atoms with Crippen molar-refractivity contribution in [3.63, 3.8) is 0 Å². The zero-order valence-electron chi connectivity index (χ0n) is 15.0. The molecule has 1 saturated heterocycles. The van der Waals surface area contributed by atoms with Crippen LogP contribution < -0.4 is 10.6 Å². The molecule has 2 amide bonds. The van der Waals surface area contributed by atoms with Crippen LogP contribution in [0.25, 0.3) is 0 Å². The van der Waals surface area contributed by atoms with Gasteiger partial charge < -0.3 is 15.5 Å². The molecule has 0 aromatic heterocycles. The lowest BCUT2D eigenvalue weighted by Crippen LogP contribution is -2.33. The van der Waals surface area contributed by atoms with E-state index in [1.165, 1.54) is 19.3 Å². The van der Waals surface area contributed by atoms with Crippen molar-refractivity contribution in [1.29, 1.82) is 0 Å². The third kappa shape index (κ3) is 7.07. The van der Waals surface area contributed by atoms with Crippen LogP contribution in [0.15, 0.2) is 18.2 Å². The fraction of sp³-hybridized carbons (Fsp3) is 0.579. The summed E-state index contributed by atoms with van der Waals surface area (Å²) in [5.74, 6) is -2.28. The zero-order valence-corrected chi connectivity index (χ0v) is 15.0. The van der Waals surface area contributed by atoms with Crippen molar-refractivity contribution in [3.05, 3.63) is 35.4 Å². The Morgan fingerprint density at radius 3 is 2.46 bits per heavy atom. The summed E-state index contributed by atoms with van der Waals surface area (Å²) in [6, 6.07) is 2.82. The third-order valence-corrected chi connectivity index (χ3v) is 4.46. The van der Waals surface area contributed by atoms with E-state index in [9.17, 15) is 18.4 Å². The second-order valence-corrected chi connectivity index (χ2v) is 6.59. The van der Waals surface area contributed by atoms with Gasteiger partial charge in [-0.2, -0.15) is 0 Å². The Morgan fingerprint density at radius 1 is 1.00 bits per heavy atom. The second kappa shape index (κ2) is 10.9. The molecule has 7 heteroatoms. The van der Waals surface area contributed by atoms with Gasteiger partial charge in [-0.25, -0.2) is 8.78 Å². The number of nitrogens with one attached hydrogen (secondary N) is 2. The van der Waals surface area contributed by atoms with Crippen LogP contribution in [0.1, 0.15) is 48.9 Å². The molecule has 26 heavy (non-hydrogen) atoms. The number of amides is 2. The minimum atomic E-state index is -0.894. The van der Waals surface area contributed by atoms with Crippen molar-refractivity contribution in [1.82, 2.24) is 15.5 Å². The SMILES string of the molecule is O=C(CCCNC(=O)c1ccc(F)cc1F)NCCCN1CCCCC1. The molecule has 1 heterocycles. The smallest absolute Gasteiger partial charge is 0.254 e. The van der Waals surface area contributed by atoms with Gasteiger partial charge in [0.2, 0.25) is 5.91 Å². The van der Waals surface area contributed by atoms with Gasteiger partial charge in [0.05, 0.1) is 5.56 Å². The summed E-state index contributed by atoms with van der Waals surface area (Å²) in [4.78, 5) is 26.0. The highest BCUT2D eigenvalue weighted by Gasteiger charge is 2.12. The number of likely N-dealkylation sites (tertiary alicyclic amines) is 1. The predicted octanol–water partition coefficient (Wildman–Crippen LogP) is 2.47. The van der Waals surface area contributed by atoms with Crippen molar-refractivity contribution in [2.45, 2.75) is 38.5 Å². The second-order valence-electron chi connectivity index (χ2n) is 6.59. The number of carbonyl (C=O) groups excluding carboxylic acids is 2. The molecule has 1 aromatic carbocycles. The van der Waals surface area contributed by atoms with Gasteiger partial charge in [-0.1, -0.05) is 6.42 Å². The van der Waals surface area contributed by atoms with E-state index in [1.807, 2.05) is 0 Å². The largest absolute Gasteiger partial charge is 0.356 e. The Morgan fingerprint density at radius 2 is 1.73 bits per heavy atom. The number of carbonyl (C=O) groups is 2. The first-order valence-corrected chi connectivity index (χ1v) is 9.28. The lowest BCUT2D eigenvalue weighted by atomic mass is 10.1. The molecule has 2 rings (SSSR count). The molecule has 1 aliphatic rings. The summed E-state index contributed by atoms with van der Waals surface area (Å²) < 4.78 is 26.3. The molecule has 0 atom stereocenters. The van der Waals surface area contributed by atoms with Crippen LogP contribution >= 0.6 is 0 Å². The van der Waals surface area contributed by atoms with Gasteiger partial charge in [0, 0.05) is 25.6 Å². The van der Waals surface area contributed by atoms with Crippen LogP contribution in [0.2, 0.25) is 0 Å². The normalized spacial score (nSPS) is 14.8. The maximum atomic E-state index is 13.5. The third-order valence-electron chi connectivity index (χ3n) is 4.46. The Labute approximate surface area is 153 Å². The van der Waals surface area contributed by atoms with Crippen LogP contribution in [0.3, 0.4) is 0 Å². The number of piperidine rings is 1. The highest BCUT2D eigenvalue weighted by Crippen LogP contribution is 2.09. The zero-order chi connectivity index (χ0) is 18.8. The average Bonchev–Trinajstić information content (AvgIpc) is 2.63. The highest BCUT2D eigenvalue weighted by atomic mass is 19.1. The quantitative estimate of drug-likeness (QED) is 0.659. The number of hydrogen-bond acceptors (Lipinski definition) is 3. The summed E-state index contributed by atoms with van der Waals surface area (Å²) in [6.07, 6.45) is 5.55. The predicted molar refractivity (Wildman–Crippen MR) is 95.8 cm³/mol. The fourth-order valence-corrected chi connectivity index (χ4v) is 3.02. The molecule has 0 bridgehead atoms. The van der Waals surface area contributed by atoms with E-state index < -0.39 is 17.5 Å². The molecule has 0 unspecified atom stereocenters. The van der Waals surface area contributed by atoms with Crippen LogP contribution in [0.4, 0.5) is 8.78 Å². The molecule has 0 saturated carbocycles. The molecule has 1 aromatic rings. The van der Waals surface area contributed by atoms with Crippen molar-refractivity contribution in [2.75, 3.05) is 32.7 Å². The van der Waals surface area contributed by atoms with Gasteiger partial charge in [0.15, 0.2) is 0 Å². The van der Waals surface area contributed by atoms with Gasteiger partial charge in [-0.15, -0.1) is 0 Å². The van der Waals surface area contributed by atoms with Crippen molar-refractivity contribution in [2.24, 2.45) is 0 Å². The first-order valence-electron chi connectivity index (χ1n) is 9.28. The summed E-state index contributed by atoms with van der Waals surface area (Å²) in [5.41, 5.74) is -0.200. The van der Waals surface area contributed by atoms with Crippen molar-refractivity contribution >= 4 is 11.8 Å². The number of halogens is 2. The van der Waals surface area contributed by atoms with Gasteiger partial charge in [-0.3, -0.25) is 9.59 Å². The monoisotopic (exact) mass is 367 g/mol. The van der Waals surface area contributed by atoms with Crippen LogP contribution in [-0.4, -0.2) is 49.4 Å². The summed E-state index contributed by atoms with van der Waals surface area (Å²) in [7, 11) is 0. The van der Waals surface area contributed by atoms with Crippen LogP contribution in [0, 0.1) is 11.6 Å². The topological polar surface area (TPSA) is 61.4 Å². The molecule has 1 fully saturated rings. The Balaban J connectivity index is 1.53. The maximum absolute atomic E-state index is 13.5. The number of nitrogens with zero attached hydrogens (tertiary/aromatic N) is 1. The Bertz CT molecular complexity index is 604. The minimum absolute atomic E-state index is 0.0501. The standard InChI is InChI=1S/C19H27F2N3O2/c20-15-7-8-16(17(21)14-15)19(26)23-9-4-6-18(25)22-10-5-13-24-11-2-1-3-12-24/h7-8,14H,1-6,9-13H2,(H,22,25)(H,23,26). The number of hydrogen-bond donors (Lipinski definition) is 2. The Kier molecular flexibility index (Phi) is 8.47. The van der Waals surface area contributed by atoms with E-state index in [0.29, 0.717) is 25.5 Å². The molecule has 5 nitrogen and oxygen atoms in total. The number of rotatable bonds is 9. The van der Waals surface area contributed by atoms with E-state index in [4.69, 9.17) is 0 Å². The highest BCUT2D eigenvalue weighted by molar-refractivity contribution is 5.94. The van der Waals surface area contributed by atoms with E-state index in [1.54, 1.807) is 0 Å². The van der Waals surface area contributed by atoms with E-state index >= 15 is 0 Å². The van der Waals surface area contributed by atoms with Crippen LogP contribution in [-0.2, 0) is 4.79 Å². The minimum Gasteiger partial charge on any atom is -0.356 e. The lowest BCUT2D eigenvalue weighted by molar-refractivity contribution is -0.121. The molecule has 0 spiro atoms. The van der Waals surface area contributed by atoms with Gasteiger partial charge >= 0.3 is 0 Å². The summed E-state index contributed by atoms with van der Waals surface area (Å²) in [5, 5.41) is 5.41. The van der Waals surface area contributed by atoms with Gasteiger partial charge in [0.1, 0.15) is 11.6 Å². The van der Waals surface area contributed by atoms with Crippen molar-refractivity contribution < 1.29 is 18.4 Å². The van der Waals surface area contributed by atoms with Gasteiger partial charge in [0.25, 0.3) is 5.91 Å². The molecule has 0 radical (unpaired) electrons. The summed E-state index contributed by atoms with van der Waals surface area (Å²) in [6.45, 7) is 4.24. The average molecular weight is 367 g/mol. The molecule has 1 aliphatic heterocycles. The van der Waals surface area contributed by atoms with Gasteiger partial charge in [-0.05, 0) is 57.5 Å². The molecular formula is C19H27F2N3O2. The van der Waals surface area contributed by atoms with E-state index in [2.05, 4.69) is 15.5 Å². The molecule has 144 valence electrons. The van der Waals surface area contributed by atoms with Crippen LogP contribution in [0.5, 0.6) is 0 Å². The molecular weight excluding hydrogens is 340 g/mol. The molecule has 0 aliphatic carbocycles. The first kappa shape index (κ1) is 20.3. The fourth-order valence-electron chi connectivity index (χ4n) is 3.02. The van der Waals surface area contributed by atoms with E-state index in [0.717, 1.165) is 38.2 Å². The first-order chi connectivity index (χ1) is 12.6. The lowest BCUT2D eigenvalue weighted by Gasteiger charge is -2.26. The molecule has 2 N–H and O–H groups in total.